The second-order valence-corrected chi connectivity index (χ2v) is 4.03. The zero-order valence-corrected chi connectivity index (χ0v) is 8.60. The van der Waals surface area contributed by atoms with Crippen LogP contribution in [0.25, 0.3) is 0 Å². The van der Waals surface area contributed by atoms with Crippen molar-refractivity contribution < 1.29 is 19.7 Å². The molecular formula is C11H14FNO3. The molecule has 5 heteroatoms. The van der Waals surface area contributed by atoms with E-state index in [1.165, 1.54) is 18.2 Å². The van der Waals surface area contributed by atoms with Gasteiger partial charge in [0.05, 0.1) is 18.2 Å². The first-order valence-electron chi connectivity index (χ1n) is 5.08. The lowest BCUT2D eigenvalue weighted by atomic mass is 9.86. The lowest BCUT2D eigenvalue weighted by molar-refractivity contribution is -0.0111. The molecule has 0 saturated carbocycles. The molecule has 2 rings (SSSR count). The van der Waals surface area contributed by atoms with Gasteiger partial charge in [0.25, 0.3) is 0 Å². The van der Waals surface area contributed by atoms with Gasteiger partial charge >= 0.3 is 0 Å². The largest absolute Gasteiger partial charge is 0.394 e. The maximum absolute atomic E-state index is 13.1. The minimum atomic E-state index is -1.18. The number of hydrogen-bond donors (Lipinski definition) is 4. The highest BCUT2D eigenvalue weighted by Crippen LogP contribution is 2.31. The monoisotopic (exact) mass is 227 g/mol. The molecule has 16 heavy (non-hydrogen) atoms. The molecular weight excluding hydrogens is 213 g/mol. The summed E-state index contributed by atoms with van der Waals surface area (Å²) in [5.41, 5.74) is -0.749. The van der Waals surface area contributed by atoms with Gasteiger partial charge in [-0.15, -0.1) is 0 Å². The van der Waals surface area contributed by atoms with E-state index in [1.807, 2.05) is 0 Å². The van der Waals surface area contributed by atoms with Crippen LogP contribution in [0.1, 0.15) is 5.56 Å². The highest BCUT2D eigenvalue weighted by Gasteiger charge is 2.48. The first-order chi connectivity index (χ1) is 7.60. The first-order valence-corrected chi connectivity index (χ1v) is 5.08. The van der Waals surface area contributed by atoms with Crippen molar-refractivity contribution in [1.82, 2.24) is 5.32 Å². The normalized spacial score (nSPS) is 34.2. The standard InChI is InChI=1S/C11H14FNO3/c12-8-3-1-2-7(4-8)11(6-14)10(16)9(15)5-13-11/h1-4,9-10,13-16H,5-6H2/t9-,10+,11+/m0/s1. The van der Waals surface area contributed by atoms with Crippen LogP contribution in [0.15, 0.2) is 24.3 Å². The third-order valence-corrected chi connectivity index (χ3v) is 3.09. The second-order valence-electron chi connectivity index (χ2n) is 4.03. The van der Waals surface area contributed by atoms with Crippen LogP contribution in [0.3, 0.4) is 0 Å². The van der Waals surface area contributed by atoms with Crippen LogP contribution in [0, 0.1) is 5.82 Å². The van der Waals surface area contributed by atoms with E-state index >= 15 is 0 Å². The van der Waals surface area contributed by atoms with Gasteiger partial charge in [0.15, 0.2) is 0 Å². The summed E-state index contributed by atoms with van der Waals surface area (Å²) in [6.45, 7) is -0.243. The van der Waals surface area contributed by atoms with Crippen molar-refractivity contribution in [3.63, 3.8) is 0 Å². The second kappa shape index (κ2) is 4.10. The summed E-state index contributed by atoms with van der Waals surface area (Å²) < 4.78 is 13.1. The van der Waals surface area contributed by atoms with E-state index in [9.17, 15) is 19.7 Å². The molecule has 0 bridgehead atoms. The molecule has 0 unspecified atom stereocenters. The predicted octanol–water partition coefficient (Wildman–Crippen LogP) is -0.662. The molecule has 1 aromatic carbocycles. The Balaban J connectivity index is 2.42. The number of nitrogens with one attached hydrogen (secondary N) is 1. The smallest absolute Gasteiger partial charge is 0.123 e. The van der Waals surface area contributed by atoms with Gasteiger partial charge < -0.3 is 20.6 Å². The molecule has 0 radical (unpaired) electrons. The summed E-state index contributed by atoms with van der Waals surface area (Å²) in [5.74, 6) is -0.444. The summed E-state index contributed by atoms with van der Waals surface area (Å²) >= 11 is 0. The van der Waals surface area contributed by atoms with Crippen LogP contribution in [-0.2, 0) is 5.54 Å². The van der Waals surface area contributed by atoms with Crippen molar-refractivity contribution in [3.8, 4) is 0 Å². The summed E-state index contributed by atoms with van der Waals surface area (Å²) in [6, 6.07) is 5.63. The molecule has 0 spiro atoms. The van der Waals surface area contributed by atoms with E-state index in [1.54, 1.807) is 6.07 Å². The van der Waals surface area contributed by atoms with Crippen LogP contribution in [0.4, 0.5) is 4.39 Å². The fraction of sp³-hybridized carbons (Fsp3) is 0.455. The Hall–Kier alpha value is -1.01. The fourth-order valence-electron chi connectivity index (χ4n) is 2.11. The minimum absolute atomic E-state index is 0.165. The van der Waals surface area contributed by atoms with Gasteiger partial charge in [-0.3, -0.25) is 0 Å². The molecule has 1 heterocycles. The Morgan fingerprint density at radius 3 is 2.69 bits per heavy atom. The van der Waals surface area contributed by atoms with Gasteiger partial charge in [-0.1, -0.05) is 12.1 Å². The highest BCUT2D eigenvalue weighted by molar-refractivity contribution is 5.29. The number of benzene rings is 1. The van der Waals surface area contributed by atoms with E-state index in [2.05, 4.69) is 5.32 Å². The lowest BCUT2D eigenvalue weighted by Gasteiger charge is -2.31. The molecule has 1 fully saturated rings. The molecule has 4 N–H and O–H groups in total. The number of rotatable bonds is 2. The Morgan fingerprint density at radius 1 is 1.44 bits per heavy atom. The molecule has 4 nitrogen and oxygen atoms in total. The highest BCUT2D eigenvalue weighted by atomic mass is 19.1. The van der Waals surface area contributed by atoms with Crippen molar-refractivity contribution >= 4 is 0 Å². The maximum atomic E-state index is 13.1. The third kappa shape index (κ3) is 1.62. The van der Waals surface area contributed by atoms with Gasteiger partial charge in [-0.05, 0) is 17.7 Å². The van der Waals surface area contributed by atoms with Crippen molar-refractivity contribution in [2.24, 2.45) is 0 Å². The fourth-order valence-corrected chi connectivity index (χ4v) is 2.11. The number of β-amino-alcohol motifs (C(OH)–C–C–N with tert-alkyl or cyclic N) is 1. The third-order valence-electron chi connectivity index (χ3n) is 3.09. The Labute approximate surface area is 92.3 Å². The minimum Gasteiger partial charge on any atom is -0.394 e. The maximum Gasteiger partial charge on any atom is 0.123 e. The Morgan fingerprint density at radius 2 is 2.19 bits per heavy atom. The van der Waals surface area contributed by atoms with Gasteiger partial charge in [0.1, 0.15) is 11.9 Å². The average molecular weight is 227 g/mol. The van der Waals surface area contributed by atoms with Crippen molar-refractivity contribution in [2.45, 2.75) is 17.7 Å². The number of hydrogen-bond acceptors (Lipinski definition) is 4. The summed E-state index contributed by atoms with van der Waals surface area (Å²) in [6.07, 6.45) is -2.12. The van der Waals surface area contributed by atoms with Gasteiger partial charge in [0.2, 0.25) is 0 Å². The topological polar surface area (TPSA) is 72.7 Å². The van der Waals surface area contributed by atoms with Crippen LogP contribution >= 0.6 is 0 Å². The van der Waals surface area contributed by atoms with Gasteiger partial charge in [-0.2, -0.15) is 0 Å². The number of aliphatic hydroxyl groups excluding tert-OH is 3. The summed E-state index contributed by atoms with van der Waals surface area (Å²) in [4.78, 5) is 0. The van der Waals surface area contributed by atoms with Gasteiger partial charge in [0, 0.05) is 6.54 Å². The molecule has 1 aliphatic rings. The van der Waals surface area contributed by atoms with Crippen molar-refractivity contribution in [1.29, 1.82) is 0 Å². The molecule has 3 atom stereocenters. The molecule has 1 saturated heterocycles. The first kappa shape index (κ1) is 11.5. The summed E-state index contributed by atoms with van der Waals surface area (Å²) in [5, 5.41) is 31.6. The van der Waals surface area contributed by atoms with E-state index in [-0.39, 0.29) is 6.54 Å². The lowest BCUT2D eigenvalue weighted by Crippen LogP contribution is -2.49. The number of halogens is 1. The van der Waals surface area contributed by atoms with Crippen molar-refractivity contribution in [2.75, 3.05) is 13.2 Å². The summed E-state index contributed by atoms with van der Waals surface area (Å²) in [7, 11) is 0. The zero-order valence-electron chi connectivity index (χ0n) is 8.60. The quantitative estimate of drug-likeness (QED) is 0.541. The molecule has 88 valence electrons. The molecule has 0 amide bonds. The zero-order chi connectivity index (χ0) is 11.8. The van der Waals surface area contributed by atoms with E-state index in [0.29, 0.717) is 5.56 Å². The predicted molar refractivity (Wildman–Crippen MR) is 55.2 cm³/mol. The van der Waals surface area contributed by atoms with Crippen LogP contribution in [-0.4, -0.2) is 40.7 Å². The number of aliphatic hydroxyl groups is 3. The Kier molecular flexibility index (Phi) is 2.94. The van der Waals surface area contributed by atoms with E-state index < -0.39 is 30.2 Å². The molecule has 0 aromatic heterocycles. The average Bonchev–Trinajstić information content (AvgIpc) is 2.57. The molecule has 1 aliphatic heterocycles. The molecule has 1 aromatic rings. The van der Waals surface area contributed by atoms with Crippen LogP contribution < -0.4 is 5.32 Å². The SMILES string of the molecule is OC[C@]1(c2cccc(F)c2)NC[C@H](O)[C@H]1O. The Bertz CT molecular complexity index is 387. The van der Waals surface area contributed by atoms with E-state index in [4.69, 9.17) is 0 Å². The van der Waals surface area contributed by atoms with Gasteiger partial charge in [-0.25, -0.2) is 4.39 Å². The van der Waals surface area contributed by atoms with Crippen LogP contribution in [0.5, 0.6) is 0 Å². The van der Waals surface area contributed by atoms with Crippen molar-refractivity contribution in [3.05, 3.63) is 35.6 Å². The molecule has 0 aliphatic carbocycles. The van der Waals surface area contributed by atoms with Crippen LogP contribution in [0.2, 0.25) is 0 Å². The van der Waals surface area contributed by atoms with E-state index in [0.717, 1.165) is 0 Å².